The van der Waals surface area contributed by atoms with E-state index < -0.39 is 11.8 Å². The predicted octanol–water partition coefficient (Wildman–Crippen LogP) is 2.58. The molecule has 1 aliphatic heterocycles. The normalized spacial score (nSPS) is 14.1. The van der Waals surface area contributed by atoms with Gasteiger partial charge in [0.2, 0.25) is 0 Å². The lowest BCUT2D eigenvalue weighted by Crippen LogP contribution is -2.49. The molecule has 1 fully saturated rings. The smallest absolute Gasteiger partial charge is 0.309 e. The van der Waals surface area contributed by atoms with Gasteiger partial charge in [0.05, 0.1) is 23.2 Å². The van der Waals surface area contributed by atoms with Crippen molar-refractivity contribution in [3.63, 3.8) is 0 Å². The molecule has 12 heteroatoms. The second-order valence-electron chi connectivity index (χ2n) is 6.26. The molecule has 3 heterocycles. The Morgan fingerprint density at radius 2 is 2.03 bits per heavy atom. The molecule has 4 rings (SSSR count). The van der Waals surface area contributed by atoms with Crippen molar-refractivity contribution in [3.05, 3.63) is 53.2 Å². The third-order valence-electron chi connectivity index (χ3n) is 4.18. The van der Waals surface area contributed by atoms with E-state index in [1.54, 1.807) is 24.3 Å². The highest BCUT2D eigenvalue weighted by atomic mass is 35.5. The average Bonchev–Trinajstić information content (AvgIpc) is 3.09. The van der Waals surface area contributed by atoms with Gasteiger partial charge < -0.3 is 9.84 Å². The molecule has 0 unspecified atom stereocenters. The minimum atomic E-state index is -0.788. The number of carboxylic acid groups (broad SMARTS) is 1. The summed E-state index contributed by atoms with van der Waals surface area (Å²) in [4.78, 5) is 17.9. The van der Waals surface area contributed by atoms with Crippen LogP contribution in [0.3, 0.4) is 0 Å². The maximum absolute atomic E-state index is 13.7. The quantitative estimate of drug-likeness (QED) is 0.622. The number of carbonyl (C=O) groups is 1. The SMILES string of the molecule is Cl.O=C(O)C1CN(Cc2nnn(-c3ccc(Oc4ncc(Cl)cc4F)cc3)n2)C1. The van der Waals surface area contributed by atoms with Gasteiger partial charge in [-0.3, -0.25) is 9.69 Å². The lowest BCUT2D eigenvalue weighted by atomic mass is 10.0. The van der Waals surface area contributed by atoms with Gasteiger partial charge in [-0.05, 0) is 35.5 Å². The summed E-state index contributed by atoms with van der Waals surface area (Å²) >= 11 is 5.67. The van der Waals surface area contributed by atoms with Crippen molar-refractivity contribution in [1.82, 2.24) is 30.1 Å². The number of aliphatic carboxylic acids is 1. The van der Waals surface area contributed by atoms with E-state index in [4.69, 9.17) is 21.4 Å². The molecule has 1 aromatic carbocycles. The molecule has 0 saturated carbocycles. The van der Waals surface area contributed by atoms with Gasteiger partial charge in [0.1, 0.15) is 5.75 Å². The van der Waals surface area contributed by atoms with Gasteiger partial charge in [0.15, 0.2) is 11.6 Å². The highest BCUT2D eigenvalue weighted by molar-refractivity contribution is 6.30. The van der Waals surface area contributed by atoms with Crippen molar-refractivity contribution in [1.29, 1.82) is 0 Å². The Balaban J connectivity index is 0.00000240. The Kier molecular flexibility index (Phi) is 6.26. The second kappa shape index (κ2) is 8.68. The van der Waals surface area contributed by atoms with Gasteiger partial charge in [-0.15, -0.1) is 27.4 Å². The van der Waals surface area contributed by atoms with Crippen LogP contribution in [0.1, 0.15) is 5.82 Å². The van der Waals surface area contributed by atoms with E-state index in [1.807, 2.05) is 4.90 Å². The zero-order chi connectivity index (χ0) is 19.7. The first-order valence-electron chi connectivity index (χ1n) is 8.31. The molecule has 29 heavy (non-hydrogen) atoms. The van der Waals surface area contributed by atoms with Gasteiger partial charge in [-0.2, -0.15) is 0 Å². The van der Waals surface area contributed by atoms with Crippen molar-refractivity contribution >= 4 is 30.0 Å². The van der Waals surface area contributed by atoms with E-state index in [0.717, 1.165) is 6.07 Å². The molecule has 0 atom stereocenters. The number of aromatic nitrogens is 5. The number of hydrogen-bond acceptors (Lipinski definition) is 7. The van der Waals surface area contributed by atoms with Crippen molar-refractivity contribution in [2.45, 2.75) is 6.54 Å². The number of nitrogens with zero attached hydrogens (tertiary/aromatic N) is 6. The van der Waals surface area contributed by atoms with Crippen LogP contribution in [0.2, 0.25) is 5.02 Å². The largest absolute Gasteiger partial charge is 0.481 e. The fourth-order valence-electron chi connectivity index (χ4n) is 2.71. The van der Waals surface area contributed by atoms with Gasteiger partial charge >= 0.3 is 5.97 Å². The first kappa shape index (κ1) is 20.9. The molecular weight excluding hydrogens is 426 g/mol. The molecule has 0 radical (unpaired) electrons. The average molecular weight is 441 g/mol. The number of hydrogen-bond donors (Lipinski definition) is 1. The Labute approximate surface area is 175 Å². The summed E-state index contributed by atoms with van der Waals surface area (Å²) in [5, 5.41) is 21.3. The van der Waals surface area contributed by atoms with Crippen LogP contribution in [-0.2, 0) is 11.3 Å². The van der Waals surface area contributed by atoms with E-state index in [0.29, 0.717) is 36.9 Å². The minimum Gasteiger partial charge on any atom is -0.481 e. The molecule has 3 aromatic rings. The molecule has 1 aliphatic rings. The fourth-order valence-corrected chi connectivity index (χ4v) is 2.85. The summed E-state index contributed by atoms with van der Waals surface area (Å²) < 4.78 is 19.1. The molecule has 0 aliphatic carbocycles. The number of pyridine rings is 1. The summed E-state index contributed by atoms with van der Waals surface area (Å²) in [5.41, 5.74) is 0.641. The zero-order valence-corrected chi connectivity index (χ0v) is 16.3. The first-order valence-corrected chi connectivity index (χ1v) is 8.69. The third kappa shape index (κ3) is 4.78. The zero-order valence-electron chi connectivity index (χ0n) is 14.8. The molecule has 9 nitrogen and oxygen atoms in total. The summed E-state index contributed by atoms with van der Waals surface area (Å²) in [6, 6.07) is 7.76. The third-order valence-corrected chi connectivity index (χ3v) is 4.39. The van der Waals surface area contributed by atoms with Crippen molar-refractivity contribution < 1.29 is 19.0 Å². The van der Waals surface area contributed by atoms with Crippen LogP contribution in [0.25, 0.3) is 5.69 Å². The number of rotatable bonds is 6. The number of carboxylic acids is 1. The van der Waals surface area contributed by atoms with Gasteiger partial charge in [0.25, 0.3) is 5.88 Å². The van der Waals surface area contributed by atoms with Crippen molar-refractivity contribution in [2.75, 3.05) is 13.1 Å². The summed E-state index contributed by atoms with van der Waals surface area (Å²) in [5.74, 6) is -1.07. The molecule has 152 valence electrons. The molecule has 2 aromatic heterocycles. The van der Waals surface area contributed by atoms with E-state index in [-0.39, 0.29) is 29.2 Å². The van der Waals surface area contributed by atoms with E-state index in [1.165, 1.54) is 11.0 Å². The molecule has 0 amide bonds. The van der Waals surface area contributed by atoms with E-state index >= 15 is 0 Å². The molecule has 1 saturated heterocycles. The molecule has 0 spiro atoms. The number of benzene rings is 1. The van der Waals surface area contributed by atoms with Crippen LogP contribution >= 0.6 is 24.0 Å². The standard InChI is InChI=1S/C17H14ClFN6O3.ClH/c18-11-5-14(19)16(20-6-11)28-13-3-1-12(2-4-13)25-22-15(21-23-25)9-24-7-10(8-24)17(26)27;/h1-6,10H,7-9H2,(H,26,27);1H. The van der Waals surface area contributed by atoms with Gasteiger partial charge in [0, 0.05) is 19.3 Å². The summed E-state index contributed by atoms with van der Waals surface area (Å²) in [7, 11) is 0. The van der Waals surface area contributed by atoms with Gasteiger partial charge in [-0.1, -0.05) is 11.6 Å². The maximum atomic E-state index is 13.7. The van der Waals surface area contributed by atoms with Crippen LogP contribution in [0.5, 0.6) is 11.6 Å². The Morgan fingerprint density at radius 3 is 2.69 bits per heavy atom. The van der Waals surface area contributed by atoms with Crippen LogP contribution in [-0.4, -0.2) is 54.3 Å². The van der Waals surface area contributed by atoms with E-state index in [2.05, 4.69) is 20.4 Å². The number of tetrazole rings is 1. The highest BCUT2D eigenvalue weighted by Crippen LogP contribution is 2.24. The Morgan fingerprint density at radius 1 is 1.31 bits per heavy atom. The summed E-state index contributed by atoms with van der Waals surface area (Å²) in [6.45, 7) is 1.39. The second-order valence-corrected chi connectivity index (χ2v) is 6.70. The lowest BCUT2D eigenvalue weighted by molar-refractivity contribution is -0.147. The van der Waals surface area contributed by atoms with Crippen LogP contribution in [0.4, 0.5) is 4.39 Å². The Hall–Kier alpha value is -2.82. The predicted molar refractivity (Wildman–Crippen MR) is 102 cm³/mol. The van der Waals surface area contributed by atoms with Crippen LogP contribution in [0.15, 0.2) is 36.5 Å². The molecule has 1 N–H and O–H groups in total. The van der Waals surface area contributed by atoms with Gasteiger partial charge in [-0.25, -0.2) is 9.37 Å². The van der Waals surface area contributed by atoms with Crippen LogP contribution in [0, 0.1) is 11.7 Å². The van der Waals surface area contributed by atoms with Crippen molar-refractivity contribution in [3.8, 4) is 17.3 Å². The Bertz CT molecular complexity index is 1010. The monoisotopic (exact) mass is 440 g/mol. The lowest BCUT2D eigenvalue weighted by Gasteiger charge is -2.35. The number of likely N-dealkylation sites (tertiary alicyclic amines) is 1. The number of ether oxygens (including phenoxy) is 1. The maximum Gasteiger partial charge on any atom is 0.309 e. The highest BCUT2D eigenvalue weighted by Gasteiger charge is 2.33. The molecular formula is C17H15Cl2FN6O3. The topological polar surface area (TPSA) is 106 Å². The number of halogens is 3. The van der Waals surface area contributed by atoms with E-state index in [9.17, 15) is 9.18 Å². The summed E-state index contributed by atoms with van der Waals surface area (Å²) in [6.07, 6.45) is 1.30. The molecule has 0 bridgehead atoms. The minimum absolute atomic E-state index is 0. The fraction of sp³-hybridized carbons (Fsp3) is 0.235. The van der Waals surface area contributed by atoms with Crippen LogP contribution < -0.4 is 4.74 Å². The first-order chi connectivity index (χ1) is 13.5. The van der Waals surface area contributed by atoms with Crippen molar-refractivity contribution in [2.24, 2.45) is 5.92 Å².